The highest BCUT2D eigenvalue weighted by molar-refractivity contribution is 8.01. The number of aryl methyl sites for hydroxylation is 1. The molecule has 0 aromatic heterocycles. The van der Waals surface area contributed by atoms with Gasteiger partial charge in [-0.2, -0.15) is 0 Å². The Morgan fingerprint density at radius 3 is 2.68 bits per heavy atom. The van der Waals surface area contributed by atoms with Gasteiger partial charge in [0, 0.05) is 5.69 Å². The Balaban J connectivity index is 1.71. The minimum atomic E-state index is -0.274. The fourth-order valence-corrected chi connectivity index (χ4v) is 3.72. The molecule has 1 aromatic carbocycles. The van der Waals surface area contributed by atoms with E-state index in [0.29, 0.717) is 29.8 Å². The van der Waals surface area contributed by atoms with Crippen LogP contribution in [0.5, 0.6) is 0 Å². The predicted octanol–water partition coefficient (Wildman–Crippen LogP) is 3.23. The summed E-state index contributed by atoms with van der Waals surface area (Å²) < 4.78 is 5.36. The molecule has 1 heterocycles. The Morgan fingerprint density at radius 2 is 2.14 bits per heavy atom. The summed E-state index contributed by atoms with van der Waals surface area (Å²) in [5.41, 5.74) is 2.37. The number of ether oxygens (including phenoxy) is 1. The SMILES string of the molecule is Cc1cc(C(=O)OCC2CC2C)ccc1N1C(=O)CSC1C. The molecule has 4 nitrogen and oxygen atoms in total. The van der Waals surface area contributed by atoms with Gasteiger partial charge in [-0.3, -0.25) is 9.69 Å². The van der Waals surface area contributed by atoms with Gasteiger partial charge in [0.1, 0.15) is 0 Å². The van der Waals surface area contributed by atoms with E-state index >= 15 is 0 Å². The van der Waals surface area contributed by atoms with Gasteiger partial charge in [-0.15, -0.1) is 11.8 Å². The monoisotopic (exact) mass is 319 g/mol. The molecule has 3 rings (SSSR count). The molecule has 3 unspecified atom stereocenters. The topological polar surface area (TPSA) is 46.6 Å². The van der Waals surface area contributed by atoms with Crippen LogP contribution in [0.2, 0.25) is 0 Å². The first-order valence-electron chi connectivity index (χ1n) is 7.69. The van der Waals surface area contributed by atoms with E-state index in [0.717, 1.165) is 17.7 Å². The van der Waals surface area contributed by atoms with Gasteiger partial charge in [0.25, 0.3) is 0 Å². The highest BCUT2D eigenvalue weighted by Crippen LogP contribution is 2.38. The van der Waals surface area contributed by atoms with Crippen LogP contribution < -0.4 is 4.90 Å². The Morgan fingerprint density at radius 1 is 1.41 bits per heavy atom. The van der Waals surface area contributed by atoms with Crippen molar-refractivity contribution in [3.63, 3.8) is 0 Å². The van der Waals surface area contributed by atoms with Gasteiger partial charge in [0.15, 0.2) is 0 Å². The zero-order valence-corrected chi connectivity index (χ0v) is 14.0. The first kappa shape index (κ1) is 15.4. The van der Waals surface area contributed by atoms with Crippen molar-refractivity contribution in [3.8, 4) is 0 Å². The van der Waals surface area contributed by atoms with Crippen molar-refractivity contribution in [3.05, 3.63) is 29.3 Å². The number of anilines is 1. The smallest absolute Gasteiger partial charge is 0.338 e. The fraction of sp³-hybridized carbons (Fsp3) is 0.529. The Bertz CT molecular complexity index is 616. The number of hydrogen-bond donors (Lipinski definition) is 0. The van der Waals surface area contributed by atoms with Gasteiger partial charge < -0.3 is 4.74 Å². The lowest BCUT2D eigenvalue weighted by molar-refractivity contribution is -0.115. The first-order valence-corrected chi connectivity index (χ1v) is 8.73. The highest BCUT2D eigenvalue weighted by Gasteiger charge is 2.34. The van der Waals surface area contributed by atoms with Crippen molar-refractivity contribution >= 4 is 29.3 Å². The van der Waals surface area contributed by atoms with E-state index in [1.165, 1.54) is 0 Å². The molecular weight excluding hydrogens is 298 g/mol. The van der Waals surface area contributed by atoms with Crippen LogP contribution in [0.1, 0.15) is 36.2 Å². The van der Waals surface area contributed by atoms with Crippen molar-refractivity contribution in [2.24, 2.45) is 11.8 Å². The van der Waals surface area contributed by atoms with E-state index in [9.17, 15) is 9.59 Å². The molecular formula is C17H21NO3S. The lowest BCUT2D eigenvalue weighted by atomic mass is 10.1. The van der Waals surface area contributed by atoms with Crippen LogP contribution in [-0.2, 0) is 9.53 Å². The fourth-order valence-electron chi connectivity index (χ4n) is 2.82. The number of hydrogen-bond acceptors (Lipinski definition) is 4. The van der Waals surface area contributed by atoms with Crippen LogP contribution >= 0.6 is 11.8 Å². The van der Waals surface area contributed by atoms with Crippen LogP contribution in [0.15, 0.2) is 18.2 Å². The van der Waals surface area contributed by atoms with E-state index in [-0.39, 0.29) is 17.3 Å². The number of carbonyl (C=O) groups is 2. The van der Waals surface area contributed by atoms with Crippen molar-refractivity contribution in [2.45, 2.75) is 32.6 Å². The number of esters is 1. The molecule has 22 heavy (non-hydrogen) atoms. The average Bonchev–Trinajstić information content (AvgIpc) is 3.10. The van der Waals surface area contributed by atoms with Crippen LogP contribution in [-0.4, -0.2) is 29.6 Å². The molecule has 2 fully saturated rings. The number of carbonyl (C=O) groups excluding carboxylic acids is 2. The molecule has 118 valence electrons. The number of nitrogens with zero attached hydrogens (tertiary/aromatic N) is 1. The van der Waals surface area contributed by atoms with Crippen molar-refractivity contribution in [2.75, 3.05) is 17.3 Å². The molecule has 1 aliphatic carbocycles. The summed E-state index contributed by atoms with van der Waals surface area (Å²) >= 11 is 1.63. The molecule has 0 bridgehead atoms. The van der Waals surface area contributed by atoms with E-state index in [1.54, 1.807) is 22.7 Å². The normalized spacial score (nSPS) is 27.1. The van der Waals surface area contributed by atoms with Crippen LogP contribution in [0.4, 0.5) is 5.69 Å². The van der Waals surface area contributed by atoms with Crippen LogP contribution in [0.25, 0.3) is 0 Å². The summed E-state index contributed by atoms with van der Waals surface area (Å²) in [4.78, 5) is 25.9. The quantitative estimate of drug-likeness (QED) is 0.799. The first-order chi connectivity index (χ1) is 10.5. The van der Waals surface area contributed by atoms with Crippen molar-refractivity contribution in [1.82, 2.24) is 0 Å². The third-order valence-electron chi connectivity index (χ3n) is 4.48. The second kappa shape index (κ2) is 5.95. The Hall–Kier alpha value is -1.49. The van der Waals surface area contributed by atoms with Gasteiger partial charge in [-0.1, -0.05) is 6.92 Å². The summed E-state index contributed by atoms with van der Waals surface area (Å²) in [6.45, 7) is 6.63. The van der Waals surface area contributed by atoms with E-state index in [2.05, 4.69) is 6.92 Å². The highest BCUT2D eigenvalue weighted by atomic mass is 32.2. The molecule has 1 saturated carbocycles. The van der Waals surface area contributed by atoms with Gasteiger partial charge in [0.05, 0.1) is 23.3 Å². The molecule has 3 atom stereocenters. The third kappa shape index (κ3) is 3.00. The third-order valence-corrected chi connectivity index (χ3v) is 5.58. The molecule has 0 spiro atoms. The summed E-state index contributed by atoms with van der Waals surface area (Å²) in [5.74, 6) is 1.58. The van der Waals surface area contributed by atoms with Gasteiger partial charge in [0.2, 0.25) is 5.91 Å². The lowest BCUT2D eigenvalue weighted by Crippen LogP contribution is -2.31. The molecule has 1 aromatic rings. The maximum atomic E-state index is 12.1. The minimum absolute atomic E-state index is 0.124. The molecule has 5 heteroatoms. The zero-order valence-electron chi connectivity index (χ0n) is 13.2. The zero-order chi connectivity index (χ0) is 15.9. The number of benzene rings is 1. The predicted molar refractivity (Wildman–Crippen MR) is 88.1 cm³/mol. The van der Waals surface area contributed by atoms with Crippen molar-refractivity contribution < 1.29 is 14.3 Å². The maximum Gasteiger partial charge on any atom is 0.338 e. The summed E-state index contributed by atoms with van der Waals surface area (Å²) in [5, 5.41) is 0.139. The molecule has 1 saturated heterocycles. The van der Waals surface area contributed by atoms with E-state index in [4.69, 9.17) is 4.74 Å². The van der Waals surface area contributed by atoms with E-state index in [1.807, 2.05) is 26.0 Å². The number of thioether (sulfide) groups is 1. The molecule has 2 aliphatic rings. The van der Waals surface area contributed by atoms with Gasteiger partial charge in [-0.25, -0.2) is 4.79 Å². The van der Waals surface area contributed by atoms with Gasteiger partial charge >= 0.3 is 5.97 Å². The summed E-state index contributed by atoms with van der Waals surface area (Å²) in [7, 11) is 0. The van der Waals surface area contributed by atoms with Crippen LogP contribution in [0, 0.1) is 18.8 Å². The molecule has 0 radical (unpaired) electrons. The molecule has 1 amide bonds. The van der Waals surface area contributed by atoms with Crippen LogP contribution in [0.3, 0.4) is 0 Å². The molecule has 1 aliphatic heterocycles. The molecule has 0 N–H and O–H groups in total. The minimum Gasteiger partial charge on any atom is -0.462 e. The standard InChI is InChI=1S/C17H21NO3S/c1-10-6-14(10)8-21-17(20)13-4-5-15(11(2)7-13)18-12(3)22-9-16(18)19/h4-5,7,10,12,14H,6,8-9H2,1-3H3. The average molecular weight is 319 g/mol. The maximum absolute atomic E-state index is 12.1. The second-order valence-corrected chi connectivity index (χ2v) is 7.55. The van der Waals surface area contributed by atoms with Gasteiger partial charge in [-0.05, 0) is 55.9 Å². The summed E-state index contributed by atoms with van der Waals surface area (Å²) in [6.07, 6.45) is 1.15. The number of amides is 1. The summed E-state index contributed by atoms with van der Waals surface area (Å²) in [6, 6.07) is 5.42. The lowest BCUT2D eigenvalue weighted by Gasteiger charge is -2.23. The Kier molecular flexibility index (Phi) is 4.17. The second-order valence-electron chi connectivity index (χ2n) is 6.25. The Labute approximate surface area is 135 Å². The van der Waals surface area contributed by atoms with E-state index < -0.39 is 0 Å². The number of rotatable bonds is 4. The van der Waals surface area contributed by atoms with Crippen molar-refractivity contribution in [1.29, 1.82) is 0 Å². The largest absolute Gasteiger partial charge is 0.462 e.